The summed E-state index contributed by atoms with van der Waals surface area (Å²) in [7, 11) is -2.59. The number of nitrogens with one attached hydrogen (secondary N) is 1. The first-order chi connectivity index (χ1) is 9.26. The van der Waals surface area contributed by atoms with Gasteiger partial charge in [-0.3, -0.25) is 4.79 Å². The molecule has 6 nitrogen and oxygen atoms in total. The molecule has 0 aliphatic rings. The van der Waals surface area contributed by atoms with E-state index >= 15 is 0 Å². The Morgan fingerprint density at radius 3 is 2.70 bits per heavy atom. The number of ether oxygens (including phenoxy) is 1. The summed E-state index contributed by atoms with van der Waals surface area (Å²) in [6, 6.07) is 2.88. The van der Waals surface area contributed by atoms with Crippen LogP contribution in [0.3, 0.4) is 0 Å². The molecule has 1 unspecified atom stereocenters. The van der Waals surface area contributed by atoms with Gasteiger partial charge in [0.2, 0.25) is 5.91 Å². The molecule has 0 aromatic heterocycles. The summed E-state index contributed by atoms with van der Waals surface area (Å²) in [4.78, 5) is 11.1. The Morgan fingerprint density at radius 2 is 2.15 bits per heavy atom. The molecule has 0 radical (unpaired) electrons. The van der Waals surface area contributed by atoms with E-state index in [0.717, 1.165) is 12.1 Å². The fraction of sp³-hybridized carbons (Fsp3) is 0.417. The van der Waals surface area contributed by atoms with Crippen molar-refractivity contribution in [2.75, 3.05) is 25.2 Å². The van der Waals surface area contributed by atoms with Crippen molar-refractivity contribution in [2.45, 2.75) is 17.9 Å². The second-order valence-electron chi connectivity index (χ2n) is 4.37. The Balaban J connectivity index is 2.82. The number of nitrogens with two attached hydrogens (primary N) is 1. The maximum Gasteiger partial charge on any atom is 0.235 e. The quantitative estimate of drug-likeness (QED) is 0.738. The average molecular weight is 304 g/mol. The molecule has 112 valence electrons. The maximum atomic E-state index is 13.6. The first-order valence-electron chi connectivity index (χ1n) is 5.82. The lowest BCUT2D eigenvalue weighted by molar-refractivity contribution is -0.119. The average Bonchev–Trinajstić information content (AvgIpc) is 2.26. The fourth-order valence-electron chi connectivity index (χ4n) is 1.63. The zero-order valence-corrected chi connectivity index (χ0v) is 12.0. The number of sulfone groups is 1. The van der Waals surface area contributed by atoms with E-state index in [4.69, 9.17) is 10.5 Å². The molecule has 3 N–H and O–H groups in total. The highest BCUT2D eigenvalue weighted by atomic mass is 32.2. The summed E-state index contributed by atoms with van der Waals surface area (Å²) in [6.07, 6.45) is 0. The molecule has 1 rings (SSSR count). The highest BCUT2D eigenvalue weighted by Crippen LogP contribution is 2.18. The van der Waals surface area contributed by atoms with Crippen LogP contribution in [0.15, 0.2) is 23.1 Å². The molecule has 1 atom stereocenters. The van der Waals surface area contributed by atoms with Crippen molar-refractivity contribution in [3.8, 4) is 0 Å². The molecule has 1 aromatic rings. The molecular weight excluding hydrogens is 287 g/mol. The van der Waals surface area contributed by atoms with Crippen LogP contribution >= 0.6 is 0 Å². The fourth-order valence-corrected chi connectivity index (χ4v) is 2.84. The number of carbonyl (C=O) groups excluding carboxylic acids is 1. The van der Waals surface area contributed by atoms with Gasteiger partial charge in [0.05, 0.1) is 6.61 Å². The van der Waals surface area contributed by atoms with Gasteiger partial charge < -0.3 is 15.8 Å². The zero-order chi connectivity index (χ0) is 15.3. The molecule has 20 heavy (non-hydrogen) atoms. The van der Waals surface area contributed by atoms with Gasteiger partial charge >= 0.3 is 0 Å². The van der Waals surface area contributed by atoms with E-state index in [9.17, 15) is 17.6 Å². The second-order valence-corrected chi connectivity index (χ2v) is 6.33. The Kier molecular flexibility index (Phi) is 5.46. The molecule has 0 aliphatic carbocycles. The minimum absolute atomic E-state index is 0.111. The van der Waals surface area contributed by atoms with Crippen molar-refractivity contribution in [2.24, 2.45) is 0 Å². The third-order valence-corrected chi connectivity index (χ3v) is 4.08. The number of hydrogen-bond donors (Lipinski definition) is 2. The first kappa shape index (κ1) is 16.4. The lowest BCUT2D eigenvalue weighted by Crippen LogP contribution is -2.39. The molecule has 0 saturated carbocycles. The Hall–Kier alpha value is -1.67. The van der Waals surface area contributed by atoms with Crippen molar-refractivity contribution in [1.82, 2.24) is 5.32 Å². The number of nitrogen functional groups attached to an aromatic ring is 1. The number of methoxy groups -OCH3 is 1. The van der Waals surface area contributed by atoms with Crippen LogP contribution in [0.25, 0.3) is 0 Å². The van der Waals surface area contributed by atoms with Crippen LogP contribution in [0.1, 0.15) is 6.92 Å². The predicted molar refractivity (Wildman–Crippen MR) is 72.3 cm³/mol. The predicted octanol–water partition coefficient (Wildman–Crippen LogP) is 0.333. The molecule has 1 amide bonds. The van der Waals surface area contributed by atoms with E-state index in [1.165, 1.54) is 13.2 Å². The third kappa shape index (κ3) is 4.46. The van der Waals surface area contributed by atoms with Crippen LogP contribution in [0.2, 0.25) is 0 Å². The number of amides is 1. The van der Waals surface area contributed by atoms with Gasteiger partial charge in [-0.15, -0.1) is 0 Å². The van der Waals surface area contributed by atoms with Gasteiger partial charge in [0.25, 0.3) is 0 Å². The lowest BCUT2D eigenvalue weighted by Gasteiger charge is -2.13. The molecule has 8 heteroatoms. The number of carbonyl (C=O) groups is 1. The standard InChI is InChI=1S/C12H17FN2O4S/c1-8(6-19-2)15-12(16)7-20(17,18)11-4-3-9(14)5-10(11)13/h3-5,8H,6-7,14H2,1-2H3,(H,15,16). The van der Waals surface area contributed by atoms with Gasteiger partial charge in [0.15, 0.2) is 9.84 Å². The molecule has 0 heterocycles. The van der Waals surface area contributed by atoms with Crippen molar-refractivity contribution >= 4 is 21.4 Å². The van der Waals surface area contributed by atoms with Gasteiger partial charge in [-0.05, 0) is 25.1 Å². The van der Waals surface area contributed by atoms with Gasteiger partial charge in [-0.25, -0.2) is 12.8 Å². The molecule has 0 fully saturated rings. The van der Waals surface area contributed by atoms with E-state index in [1.807, 2.05) is 0 Å². The van der Waals surface area contributed by atoms with Crippen molar-refractivity contribution < 1.29 is 22.3 Å². The van der Waals surface area contributed by atoms with Gasteiger partial charge in [0, 0.05) is 18.8 Å². The summed E-state index contributed by atoms with van der Waals surface area (Å²) < 4.78 is 42.3. The van der Waals surface area contributed by atoms with Crippen LogP contribution in [0.4, 0.5) is 10.1 Å². The van der Waals surface area contributed by atoms with Gasteiger partial charge in [0.1, 0.15) is 16.5 Å². The van der Waals surface area contributed by atoms with Gasteiger partial charge in [-0.2, -0.15) is 0 Å². The first-order valence-corrected chi connectivity index (χ1v) is 7.47. The van der Waals surface area contributed by atoms with E-state index < -0.39 is 32.2 Å². The molecular formula is C12H17FN2O4S. The molecule has 0 bridgehead atoms. The summed E-state index contributed by atoms with van der Waals surface area (Å²) in [5.41, 5.74) is 5.45. The maximum absolute atomic E-state index is 13.6. The van der Waals surface area contributed by atoms with Crippen molar-refractivity contribution in [3.05, 3.63) is 24.0 Å². The highest BCUT2D eigenvalue weighted by molar-refractivity contribution is 7.92. The second kappa shape index (κ2) is 6.67. The largest absolute Gasteiger partial charge is 0.399 e. The van der Waals surface area contributed by atoms with E-state index in [2.05, 4.69) is 5.32 Å². The normalized spacial score (nSPS) is 12.9. The van der Waals surface area contributed by atoms with Crippen LogP contribution in [0.5, 0.6) is 0 Å². The zero-order valence-electron chi connectivity index (χ0n) is 11.2. The van der Waals surface area contributed by atoms with Crippen LogP contribution in [0, 0.1) is 5.82 Å². The highest BCUT2D eigenvalue weighted by Gasteiger charge is 2.23. The SMILES string of the molecule is COCC(C)NC(=O)CS(=O)(=O)c1ccc(N)cc1F. The van der Waals surface area contributed by atoms with E-state index in [1.54, 1.807) is 6.92 Å². The Labute approximate surface area is 117 Å². The molecule has 0 spiro atoms. The number of rotatable bonds is 6. The summed E-state index contributed by atoms with van der Waals surface area (Å²) in [6.45, 7) is 1.92. The lowest BCUT2D eigenvalue weighted by atomic mass is 10.3. The summed E-state index contributed by atoms with van der Waals surface area (Å²) in [5.74, 6) is -2.52. The van der Waals surface area contributed by atoms with E-state index in [0.29, 0.717) is 0 Å². The van der Waals surface area contributed by atoms with Crippen molar-refractivity contribution in [1.29, 1.82) is 0 Å². The smallest absolute Gasteiger partial charge is 0.235 e. The molecule has 0 aliphatic heterocycles. The molecule has 0 saturated heterocycles. The Morgan fingerprint density at radius 1 is 1.50 bits per heavy atom. The number of anilines is 1. The minimum Gasteiger partial charge on any atom is -0.399 e. The topological polar surface area (TPSA) is 98.5 Å². The van der Waals surface area contributed by atoms with Gasteiger partial charge in [-0.1, -0.05) is 0 Å². The number of hydrogen-bond acceptors (Lipinski definition) is 5. The summed E-state index contributed by atoms with van der Waals surface area (Å²) in [5, 5.41) is 2.45. The summed E-state index contributed by atoms with van der Waals surface area (Å²) >= 11 is 0. The molecule has 1 aromatic carbocycles. The minimum atomic E-state index is -4.05. The van der Waals surface area contributed by atoms with Crippen molar-refractivity contribution in [3.63, 3.8) is 0 Å². The van der Waals surface area contributed by atoms with Crippen LogP contribution < -0.4 is 11.1 Å². The number of halogens is 1. The number of benzene rings is 1. The Bertz CT molecular complexity index is 589. The van der Waals surface area contributed by atoms with E-state index in [-0.39, 0.29) is 18.3 Å². The monoisotopic (exact) mass is 304 g/mol. The van der Waals surface area contributed by atoms with Crippen LogP contribution in [-0.2, 0) is 19.4 Å². The third-order valence-electron chi connectivity index (χ3n) is 2.44. The van der Waals surface area contributed by atoms with Crippen LogP contribution in [-0.4, -0.2) is 39.8 Å².